The molecule has 0 spiro atoms. The summed E-state index contributed by atoms with van der Waals surface area (Å²) in [6.45, 7) is 0. The van der Waals surface area contributed by atoms with Crippen LogP contribution in [0.5, 0.6) is 0 Å². The number of halogens is 3. The molecule has 2 rings (SSSR count). The maximum absolute atomic E-state index is 12.5. The Hall–Kier alpha value is -1.79. The van der Waals surface area contributed by atoms with Crippen LogP contribution in [0.3, 0.4) is 0 Å². The van der Waals surface area contributed by atoms with Crippen LogP contribution >= 0.6 is 0 Å². The lowest BCUT2D eigenvalue weighted by Crippen LogP contribution is -2.31. The number of carboxylic acid groups (broad SMARTS) is 1. The molecule has 1 aromatic rings. The monoisotopic (exact) mass is 260 g/mol. The van der Waals surface area contributed by atoms with Crippen LogP contribution in [-0.2, 0) is 11.0 Å². The first-order chi connectivity index (χ1) is 8.38. The minimum absolute atomic E-state index is 0.0288. The van der Waals surface area contributed by atoms with E-state index in [0.29, 0.717) is 0 Å². The number of pyridine rings is 1. The largest absolute Gasteiger partial charge is 0.480 e. The van der Waals surface area contributed by atoms with Gasteiger partial charge in [0.2, 0.25) is 0 Å². The van der Waals surface area contributed by atoms with E-state index in [1.807, 2.05) is 0 Å². The number of aromatic nitrogens is 1. The molecule has 98 valence electrons. The summed E-state index contributed by atoms with van der Waals surface area (Å²) in [6.07, 6.45) is -1.92. The van der Waals surface area contributed by atoms with E-state index in [-0.39, 0.29) is 11.7 Å². The summed E-state index contributed by atoms with van der Waals surface area (Å²) in [5.41, 5.74) is -0.847. The molecule has 0 amide bonds. The quantitative estimate of drug-likeness (QED) is 0.872. The van der Waals surface area contributed by atoms with Gasteiger partial charge in [-0.25, -0.2) is 9.78 Å². The van der Waals surface area contributed by atoms with Crippen molar-refractivity contribution in [3.63, 3.8) is 0 Å². The van der Waals surface area contributed by atoms with E-state index in [0.717, 1.165) is 31.2 Å². The zero-order valence-corrected chi connectivity index (χ0v) is 9.24. The lowest BCUT2D eigenvalue weighted by Gasteiger charge is -2.15. The first-order valence-corrected chi connectivity index (χ1v) is 5.40. The summed E-state index contributed by atoms with van der Waals surface area (Å²) in [7, 11) is 0. The molecule has 1 aromatic heterocycles. The molecule has 4 nitrogen and oxygen atoms in total. The van der Waals surface area contributed by atoms with Gasteiger partial charge in [0, 0.05) is 6.20 Å². The maximum atomic E-state index is 12.5. The van der Waals surface area contributed by atoms with Gasteiger partial charge in [0.25, 0.3) is 0 Å². The molecule has 0 saturated heterocycles. The Morgan fingerprint density at radius 2 is 2.17 bits per heavy atom. The van der Waals surface area contributed by atoms with E-state index < -0.39 is 23.8 Å². The Morgan fingerprint density at radius 1 is 1.50 bits per heavy atom. The molecular formula is C11H11F3N2O2. The fraction of sp³-hybridized carbons (Fsp3) is 0.455. The van der Waals surface area contributed by atoms with Gasteiger partial charge in [0.15, 0.2) is 0 Å². The normalized spacial score (nSPS) is 17.3. The average molecular weight is 260 g/mol. The van der Waals surface area contributed by atoms with Gasteiger partial charge in [0.1, 0.15) is 11.9 Å². The summed E-state index contributed by atoms with van der Waals surface area (Å²) in [5, 5.41) is 11.5. The topological polar surface area (TPSA) is 62.2 Å². The zero-order chi connectivity index (χ0) is 13.3. The number of carbonyl (C=O) groups is 1. The SMILES string of the molecule is O=C(O)C(Nc1cc(C(F)(F)F)ccn1)C1CC1. The third kappa shape index (κ3) is 2.91. The number of rotatable bonds is 4. The third-order valence-corrected chi connectivity index (χ3v) is 2.75. The molecule has 7 heteroatoms. The summed E-state index contributed by atoms with van der Waals surface area (Å²) in [5.74, 6) is -1.17. The number of alkyl halides is 3. The summed E-state index contributed by atoms with van der Waals surface area (Å²) < 4.78 is 37.4. The first kappa shape index (κ1) is 12.7. The van der Waals surface area contributed by atoms with Crippen LogP contribution in [0.4, 0.5) is 19.0 Å². The molecule has 0 bridgehead atoms. The van der Waals surface area contributed by atoms with Gasteiger partial charge in [-0.2, -0.15) is 13.2 Å². The highest BCUT2D eigenvalue weighted by Gasteiger charge is 2.37. The second-order valence-electron chi connectivity index (χ2n) is 4.23. The van der Waals surface area contributed by atoms with Gasteiger partial charge in [-0.3, -0.25) is 0 Å². The van der Waals surface area contributed by atoms with Gasteiger partial charge in [-0.15, -0.1) is 0 Å². The molecule has 0 radical (unpaired) electrons. The van der Waals surface area contributed by atoms with E-state index in [2.05, 4.69) is 10.3 Å². The molecular weight excluding hydrogens is 249 g/mol. The second kappa shape index (κ2) is 4.47. The molecule has 0 aromatic carbocycles. The first-order valence-electron chi connectivity index (χ1n) is 5.40. The van der Waals surface area contributed by atoms with Crippen molar-refractivity contribution in [3.05, 3.63) is 23.9 Å². The van der Waals surface area contributed by atoms with Crippen molar-refractivity contribution in [2.45, 2.75) is 25.1 Å². The van der Waals surface area contributed by atoms with Crippen molar-refractivity contribution in [2.24, 2.45) is 5.92 Å². The van der Waals surface area contributed by atoms with Crippen LogP contribution in [0.2, 0.25) is 0 Å². The lowest BCUT2D eigenvalue weighted by molar-refractivity contribution is -0.138. The van der Waals surface area contributed by atoms with Gasteiger partial charge in [-0.05, 0) is 30.9 Å². The van der Waals surface area contributed by atoms with Crippen molar-refractivity contribution in [1.29, 1.82) is 0 Å². The highest BCUT2D eigenvalue weighted by atomic mass is 19.4. The summed E-state index contributed by atoms with van der Waals surface area (Å²) in [6, 6.07) is 0.789. The summed E-state index contributed by atoms with van der Waals surface area (Å²) >= 11 is 0. The molecule has 2 N–H and O–H groups in total. The fourth-order valence-corrected chi connectivity index (χ4v) is 1.66. The van der Waals surface area contributed by atoms with Crippen LogP contribution < -0.4 is 5.32 Å². The van der Waals surface area contributed by atoms with Crippen LogP contribution in [0, 0.1) is 5.92 Å². The van der Waals surface area contributed by atoms with E-state index >= 15 is 0 Å². The number of hydrogen-bond acceptors (Lipinski definition) is 3. The summed E-state index contributed by atoms with van der Waals surface area (Å²) in [4.78, 5) is 14.7. The molecule has 1 atom stereocenters. The van der Waals surface area contributed by atoms with Crippen molar-refractivity contribution < 1.29 is 23.1 Å². The number of carboxylic acids is 1. The van der Waals surface area contributed by atoms with E-state index in [4.69, 9.17) is 5.11 Å². The number of anilines is 1. The zero-order valence-electron chi connectivity index (χ0n) is 9.24. The Bertz CT molecular complexity index is 458. The third-order valence-electron chi connectivity index (χ3n) is 2.75. The predicted molar refractivity (Wildman–Crippen MR) is 57.0 cm³/mol. The van der Waals surface area contributed by atoms with Crippen molar-refractivity contribution >= 4 is 11.8 Å². The van der Waals surface area contributed by atoms with Crippen LogP contribution in [0.1, 0.15) is 18.4 Å². The molecule has 0 aliphatic heterocycles. The molecule has 1 unspecified atom stereocenters. The Kier molecular flexibility index (Phi) is 3.14. The van der Waals surface area contributed by atoms with E-state index in [9.17, 15) is 18.0 Å². The minimum atomic E-state index is -4.46. The molecule has 18 heavy (non-hydrogen) atoms. The predicted octanol–water partition coefficient (Wildman–Crippen LogP) is 2.38. The number of nitrogens with zero attached hydrogens (tertiary/aromatic N) is 1. The van der Waals surface area contributed by atoms with Gasteiger partial charge < -0.3 is 10.4 Å². The molecule has 1 fully saturated rings. The number of nitrogens with one attached hydrogen (secondary N) is 1. The second-order valence-corrected chi connectivity index (χ2v) is 4.23. The molecule has 1 saturated carbocycles. The van der Waals surface area contributed by atoms with Gasteiger partial charge >= 0.3 is 12.1 Å². The molecule has 1 heterocycles. The van der Waals surface area contributed by atoms with Gasteiger partial charge in [-0.1, -0.05) is 0 Å². The van der Waals surface area contributed by atoms with Crippen LogP contribution in [-0.4, -0.2) is 22.1 Å². The van der Waals surface area contributed by atoms with Gasteiger partial charge in [0.05, 0.1) is 5.56 Å². The standard InChI is InChI=1S/C11H11F3N2O2/c12-11(13,14)7-3-4-15-8(5-7)16-9(10(17)18)6-1-2-6/h3-6,9H,1-2H2,(H,15,16)(H,17,18). The van der Waals surface area contributed by atoms with E-state index in [1.54, 1.807) is 0 Å². The fourth-order valence-electron chi connectivity index (χ4n) is 1.66. The number of aliphatic carboxylic acids is 1. The smallest absolute Gasteiger partial charge is 0.416 e. The maximum Gasteiger partial charge on any atom is 0.416 e. The van der Waals surface area contributed by atoms with Crippen LogP contribution in [0.15, 0.2) is 18.3 Å². The highest BCUT2D eigenvalue weighted by Crippen LogP contribution is 2.35. The van der Waals surface area contributed by atoms with Crippen molar-refractivity contribution in [2.75, 3.05) is 5.32 Å². The van der Waals surface area contributed by atoms with Crippen molar-refractivity contribution in [3.8, 4) is 0 Å². The minimum Gasteiger partial charge on any atom is -0.480 e. The Labute approximate surface area is 101 Å². The van der Waals surface area contributed by atoms with E-state index in [1.165, 1.54) is 0 Å². The molecule has 1 aliphatic carbocycles. The lowest BCUT2D eigenvalue weighted by atomic mass is 10.2. The highest BCUT2D eigenvalue weighted by molar-refractivity contribution is 5.77. The molecule has 1 aliphatic rings. The average Bonchev–Trinajstić information content (AvgIpc) is 3.08. The van der Waals surface area contributed by atoms with Crippen LogP contribution in [0.25, 0.3) is 0 Å². The Balaban J connectivity index is 2.15. The van der Waals surface area contributed by atoms with Crippen molar-refractivity contribution in [1.82, 2.24) is 4.98 Å². The Morgan fingerprint density at radius 3 is 2.67 bits per heavy atom. The number of hydrogen-bond donors (Lipinski definition) is 2.